The van der Waals surface area contributed by atoms with Crippen LogP contribution in [0.15, 0.2) is 22.8 Å². The van der Waals surface area contributed by atoms with E-state index in [1.165, 1.54) is 14.0 Å². The molecule has 1 unspecified atom stereocenters. The van der Waals surface area contributed by atoms with Gasteiger partial charge < -0.3 is 13.9 Å². The SMILES string of the molecule is COC(=O)CC(=O)CC(CCCC#CCCCc1ccco1)OC(C)=O. The Morgan fingerprint density at radius 3 is 2.54 bits per heavy atom. The van der Waals surface area contributed by atoms with Gasteiger partial charge in [-0.1, -0.05) is 0 Å². The van der Waals surface area contributed by atoms with Crippen molar-refractivity contribution in [2.45, 2.75) is 64.4 Å². The van der Waals surface area contributed by atoms with E-state index in [1.54, 1.807) is 6.26 Å². The first-order chi connectivity index (χ1) is 12.5. The molecule has 0 saturated heterocycles. The second-order valence-electron chi connectivity index (χ2n) is 5.91. The molecule has 0 N–H and O–H groups in total. The van der Waals surface area contributed by atoms with Gasteiger partial charge in [-0.25, -0.2) is 0 Å². The van der Waals surface area contributed by atoms with E-state index in [2.05, 4.69) is 16.6 Å². The highest BCUT2D eigenvalue weighted by Gasteiger charge is 2.18. The normalized spacial score (nSPS) is 11.2. The van der Waals surface area contributed by atoms with Crippen LogP contribution in [0.3, 0.4) is 0 Å². The smallest absolute Gasteiger partial charge is 0.313 e. The number of hydrogen-bond donors (Lipinski definition) is 0. The van der Waals surface area contributed by atoms with Crippen LogP contribution < -0.4 is 0 Å². The third-order valence-electron chi connectivity index (χ3n) is 3.62. The number of Topliss-reactive ketones (excluding diaryl/α,β-unsaturated/α-hetero) is 1. The van der Waals surface area contributed by atoms with Crippen molar-refractivity contribution in [1.82, 2.24) is 0 Å². The molecule has 0 saturated carbocycles. The quantitative estimate of drug-likeness (QED) is 0.260. The van der Waals surface area contributed by atoms with Crippen molar-refractivity contribution in [2.75, 3.05) is 7.11 Å². The molecule has 0 bridgehead atoms. The minimum atomic E-state index is -0.586. The van der Waals surface area contributed by atoms with Crippen molar-refractivity contribution in [3.05, 3.63) is 24.2 Å². The van der Waals surface area contributed by atoms with E-state index < -0.39 is 18.0 Å². The largest absolute Gasteiger partial charge is 0.469 e. The Hall–Kier alpha value is -2.55. The Morgan fingerprint density at radius 1 is 1.19 bits per heavy atom. The Kier molecular flexibility index (Phi) is 10.5. The van der Waals surface area contributed by atoms with Gasteiger partial charge in [-0.2, -0.15) is 0 Å². The van der Waals surface area contributed by atoms with Gasteiger partial charge in [-0.05, 0) is 31.4 Å². The van der Waals surface area contributed by atoms with Gasteiger partial charge in [0.15, 0.2) is 0 Å². The molecule has 26 heavy (non-hydrogen) atoms. The van der Waals surface area contributed by atoms with E-state index in [0.717, 1.165) is 25.0 Å². The summed E-state index contributed by atoms with van der Waals surface area (Å²) in [6.45, 7) is 1.30. The number of furan rings is 1. The van der Waals surface area contributed by atoms with Gasteiger partial charge in [0.1, 0.15) is 24.1 Å². The highest BCUT2D eigenvalue weighted by atomic mass is 16.5. The summed E-state index contributed by atoms with van der Waals surface area (Å²) in [4.78, 5) is 34.1. The molecular formula is C20H26O6. The zero-order valence-electron chi connectivity index (χ0n) is 15.4. The number of ketones is 1. The standard InChI is InChI=1S/C20H26O6/c1-16(21)26-19(14-17(22)15-20(23)24-2)11-8-6-4-3-5-7-10-18-12-9-13-25-18/h9,12-13,19H,5-8,10-11,14-15H2,1-2H3. The van der Waals surface area contributed by atoms with Crippen molar-refractivity contribution in [3.8, 4) is 11.8 Å². The Bertz CT molecular complexity index is 620. The molecule has 0 radical (unpaired) electrons. The van der Waals surface area contributed by atoms with Crippen molar-refractivity contribution < 1.29 is 28.3 Å². The molecule has 1 rings (SSSR count). The lowest BCUT2D eigenvalue weighted by atomic mass is 10.0. The fraction of sp³-hybridized carbons (Fsp3) is 0.550. The summed E-state index contributed by atoms with van der Waals surface area (Å²) in [7, 11) is 1.23. The van der Waals surface area contributed by atoms with Gasteiger partial charge in [0.2, 0.25) is 0 Å². The van der Waals surface area contributed by atoms with Crippen LogP contribution in [0.1, 0.15) is 57.6 Å². The number of carbonyl (C=O) groups excluding carboxylic acids is 3. The minimum Gasteiger partial charge on any atom is -0.469 e. The lowest BCUT2D eigenvalue weighted by Gasteiger charge is -2.15. The molecule has 0 spiro atoms. The molecule has 1 heterocycles. The number of ether oxygens (including phenoxy) is 2. The maximum atomic E-state index is 11.8. The van der Waals surface area contributed by atoms with E-state index in [9.17, 15) is 14.4 Å². The molecule has 142 valence electrons. The lowest BCUT2D eigenvalue weighted by Crippen LogP contribution is -2.22. The minimum absolute atomic E-state index is 0.0191. The Morgan fingerprint density at radius 2 is 1.92 bits per heavy atom. The number of carbonyl (C=O) groups is 3. The molecule has 6 heteroatoms. The lowest BCUT2D eigenvalue weighted by molar-refractivity contribution is -0.148. The number of hydrogen-bond acceptors (Lipinski definition) is 6. The first kappa shape index (κ1) is 21.5. The number of methoxy groups -OCH3 is 1. The molecule has 0 amide bonds. The van der Waals surface area contributed by atoms with Gasteiger partial charge in [-0.15, -0.1) is 11.8 Å². The zero-order chi connectivity index (χ0) is 19.2. The van der Waals surface area contributed by atoms with E-state index >= 15 is 0 Å². The van der Waals surface area contributed by atoms with Crippen LogP contribution in [0.25, 0.3) is 0 Å². The van der Waals surface area contributed by atoms with Crippen LogP contribution in [-0.4, -0.2) is 30.9 Å². The molecule has 6 nitrogen and oxygen atoms in total. The van der Waals surface area contributed by atoms with Crippen LogP contribution in [0.2, 0.25) is 0 Å². The maximum Gasteiger partial charge on any atom is 0.313 e. The van der Waals surface area contributed by atoms with Crippen molar-refractivity contribution >= 4 is 17.7 Å². The fourth-order valence-corrected chi connectivity index (χ4v) is 2.40. The summed E-state index contributed by atoms with van der Waals surface area (Å²) in [6.07, 6.45) is 5.39. The van der Waals surface area contributed by atoms with Gasteiger partial charge >= 0.3 is 11.9 Å². The summed E-state index contributed by atoms with van der Waals surface area (Å²) in [5.74, 6) is 5.84. The number of rotatable bonds is 11. The molecule has 0 aromatic carbocycles. The second kappa shape index (κ2) is 12.8. The average Bonchev–Trinajstić information content (AvgIpc) is 3.09. The monoisotopic (exact) mass is 362 g/mol. The van der Waals surface area contributed by atoms with E-state index in [1.807, 2.05) is 12.1 Å². The van der Waals surface area contributed by atoms with Gasteiger partial charge in [0, 0.05) is 32.6 Å². The van der Waals surface area contributed by atoms with E-state index in [-0.39, 0.29) is 18.6 Å². The van der Waals surface area contributed by atoms with Crippen molar-refractivity contribution in [2.24, 2.45) is 0 Å². The van der Waals surface area contributed by atoms with Crippen LogP contribution in [0.5, 0.6) is 0 Å². The molecule has 0 aliphatic rings. The number of esters is 2. The van der Waals surface area contributed by atoms with Gasteiger partial charge in [0.25, 0.3) is 0 Å². The van der Waals surface area contributed by atoms with Gasteiger partial charge in [-0.3, -0.25) is 14.4 Å². The Balaban J connectivity index is 2.24. The predicted molar refractivity (Wildman–Crippen MR) is 95.1 cm³/mol. The number of aryl methyl sites for hydroxylation is 1. The van der Waals surface area contributed by atoms with Gasteiger partial charge in [0.05, 0.1) is 13.4 Å². The molecule has 1 aromatic rings. The predicted octanol–water partition coefficient (Wildman–Crippen LogP) is 3.23. The Labute approximate surface area is 154 Å². The van der Waals surface area contributed by atoms with E-state index in [0.29, 0.717) is 19.3 Å². The summed E-state index contributed by atoms with van der Waals surface area (Å²) in [6, 6.07) is 3.82. The average molecular weight is 362 g/mol. The molecule has 0 aliphatic heterocycles. The van der Waals surface area contributed by atoms with Crippen LogP contribution in [0, 0.1) is 11.8 Å². The first-order valence-corrected chi connectivity index (χ1v) is 8.75. The first-order valence-electron chi connectivity index (χ1n) is 8.75. The summed E-state index contributed by atoms with van der Waals surface area (Å²) in [5.41, 5.74) is 0. The third-order valence-corrected chi connectivity index (χ3v) is 3.62. The molecule has 0 aliphatic carbocycles. The fourth-order valence-electron chi connectivity index (χ4n) is 2.40. The van der Waals surface area contributed by atoms with Crippen LogP contribution in [0.4, 0.5) is 0 Å². The second-order valence-corrected chi connectivity index (χ2v) is 5.91. The third kappa shape index (κ3) is 10.3. The summed E-state index contributed by atoms with van der Waals surface area (Å²) in [5, 5.41) is 0. The highest BCUT2D eigenvalue weighted by Crippen LogP contribution is 2.11. The molecular weight excluding hydrogens is 336 g/mol. The highest BCUT2D eigenvalue weighted by molar-refractivity contribution is 5.95. The molecule has 1 aromatic heterocycles. The zero-order valence-corrected chi connectivity index (χ0v) is 15.4. The summed E-state index contributed by atoms with van der Waals surface area (Å²) < 4.78 is 14.9. The topological polar surface area (TPSA) is 82.8 Å². The number of unbranched alkanes of at least 4 members (excludes halogenated alkanes) is 2. The van der Waals surface area contributed by atoms with Crippen molar-refractivity contribution in [1.29, 1.82) is 0 Å². The maximum absolute atomic E-state index is 11.8. The molecule has 0 fully saturated rings. The summed E-state index contributed by atoms with van der Waals surface area (Å²) >= 11 is 0. The molecule has 1 atom stereocenters. The van der Waals surface area contributed by atoms with Crippen LogP contribution in [-0.2, 0) is 30.3 Å². The van der Waals surface area contributed by atoms with Crippen LogP contribution >= 0.6 is 0 Å². The van der Waals surface area contributed by atoms with Crippen molar-refractivity contribution in [3.63, 3.8) is 0 Å². The van der Waals surface area contributed by atoms with E-state index in [4.69, 9.17) is 9.15 Å².